The summed E-state index contributed by atoms with van der Waals surface area (Å²) in [5.74, 6) is 0. The van der Waals surface area contributed by atoms with Gasteiger partial charge in [-0.15, -0.1) is 0 Å². The van der Waals surface area contributed by atoms with Crippen molar-refractivity contribution in [2.24, 2.45) is 7.05 Å². The predicted molar refractivity (Wildman–Crippen MR) is 44.4 cm³/mol. The Balaban J connectivity index is 3.38. The van der Waals surface area contributed by atoms with Crippen LogP contribution in [0.3, 0.4) is 0 Å². The van der Waals surface area contributed by atoms with E-state index in [2.05, 4.69) is 15.9 Å². The molecule has 6 heteroatoms. The van der Waals surface area contributed by atoms with E-state index in [1.807, 2.05) is 0 Å². The molecule has 0 atom stereocenters. The summed E-state index contributed by atoms with van der Waals surface area (Å²) in [4.78, 5) is 10.9. The van der Waals surface area contributed by atoms with Crippen LogP contribution in [-0.4, -0.2) is 4.57 Å². The van der Waals surface area contributed by atoms with Crippen LogP contribution in [0, 0.1) is 0 Å². The number of hydrogen-bond donors (Lipinski definition) is 0. The number of rotatable bonds is 0. The van der Waals surface area contributed by atoms with Crippen molar-refractivity contribution < 1.29 is 13.2 Å². The zero-order valence-corrected chi connectivity index (χ0v) is 8.11. The number of alkyl halides is 3. The van der Waals surface area contributed by atoms with Gasteiger partial charge in [0.1, 0.15) is 0 Å². The van der Waals surface area contributed by atoms with Gasteiger partial charge in [-0.05, 0) is 22.0 Å². The quantitative estimate of drug-likeness (QED) is 0.652. The first kappa shape index (κ1) is 10.3. The van der Waals surface area contributed by atoms with E-state index in [9.17, 15) is 18.0 Å². The van der Waals surface area contributed by atoms with Crippen LogP contribution in [0.5, 0.6) is 0 Å². The van der Waals surface area contributed by atoms with E-state index in [0.717, 1.165) is 10.6 Å². The SMILES string of the molecule is Cn1c(Br)cc(C(F)(F)F)cc1=O. The molecule has 0 unspecified atom stereocenters. The molecule has 0 spiro atoms. The Kier molecular flexibility index (Phi) is 2.51. The van der Waals surface area contributed by atoms with E-state index in [1.165, 1.54) is 7.05 Å². The second kappa shape index (κ2) is 3.17. The number of pyridine rings is 1. The molecule has 0 N–H and O–H groups in total. The van der Waals surface area contributed by atoms with Gasteiger partial charge in [-0.25, -0.2) is 0 Å². The molecule has 2 nitrogen and oxygen atoms in total. The number of nitrogens with zero attached hydrogens (tertiary/aromatic N) is 1. The average Bonchev–Trinajstić information content (AvgIpc) is 1.97. The summed E-state index contributed by atoms with van der Waals surface area (Å²) >= 11 is 2.85. The highest BCUT2D eigenvalue weighted by atomic mass is 79.9. The van der Waals surface area contributed by atoms with Gasteiger partial charge >= 0.3 is 6.18 Å². The van der Waals surface area contributed by atoms with Crippen LogP contribution < -0.4 is 5.56 Å². The van der Waals surface area contributed by atoms with Gasteiger partial charge in [-0.1, -0.05) is 0 Å². The molecule has 13 heavy (non-hydrogen) atoms. The van der Waals surface area contributed by atoms with Gasteiger partial charge in [0.05, 0.1) is 10.2 Å². The Morgan fingerprint density at radius 1 is 1.38 bits per heavy atom. The largest absolute Gasteiger partial charge is 0.416 e. The summed E-state index contributed by atoms with van der Waals surface area (Å²) in [6.45, 7) is 0. The number of hydrogen-bond acceptors (Lipinski definition) is 1. The average molecular weight is 256 g/mol. The lowest BCUT2D eigenvalue weighted by Crippen LogP contribution is -2.20. The monoisotopic (exact) mass is 255 g/mol. The Morgan fingerprint density at radius 3 is 2.31 bits per heavy atom. The maximum atomic E-state index is 12.1. The van der Waals surface area contributed by atoms with Crippen molar-refractivity contribution in [3.05, 3.63) is 32.7 Å². The molecule has 0 aromatic carbocycles. The Hall–Kier alpha value is -0.780. The van der Waals surface area contributed by atoms with Gasteiger partial charge in [-0.2, -0.15) is 13.2 Å². The van der Waals surface area contributed by atoms with Crippen molar-refractivity contribution in [1.82, 2.24) is 4.57 Å². The van der Waals surface area contributed by atoms with Crippen LogP contribution in [0.4, 0.5) is 13.2 Å². The highest BCUT2D eigenvalue weighted by molar-refractivity contribution is 9.10. The third kappa shape index (κ3) is 2.12. The maximum Gasteiger partial charge on any atom is 0.416 e. The highest BCUT2D eigenvalue weighted by Crippen LogP contribution is 2.29. The minimum atomic E-state index is -4.48. The van der Waals surface area contributed by atoms with Crippen molar-refractivity contribution in [3.63, 3.8) is 0 Å². The third-order valence-corrected chi connectivity index (χ3v) is 2.29. The van der Waals surface area contributed by atoms with Crippen molar-refractivity contribution in [1.29, 1.82) is 0 Å². The first-order valence-corrected chi connectivity index (χ1v) is 4.05. The fraction of sp³-hybridized carbons (Fsp3) is 0.286. The van der Waals surface area contributed by atoms with Crippen LogP contribution >= 0.6 is 15.9 Å². The molecular formula is C7H5BrF3NO. The van der Waals surface area contributed by atoms with Crippen LogP contribution in [0.1, 0.15) is 5.56 Å². The second-order valence-electron chi connectivity index (χ2n) is 2.46. The number of halogens is 4. The lowest BCUT2D eigenvalue weighted by Gasteiger charge is -2.08. The zero-order valence-electron chi connectivity index (χ0n) is 6.52. The van der Waals surface area contributed by atoms with Crippen molar-refractivity contribution in [2.75, 3.05) is 0 Å². The first-order chi connectivity index (χ1) is 5.82. The van der Waals surface area contributed by atoms with Crippen LogP contribution in [0.2, 0.25) is 0 Å². The van der Waals surface area contributed by atoms with Crippen LogP contribution in [-0.2, 0) is 13.2 Å². The molecule has 0 amide bonds. The van der Waals surface area contributed by atoms with E-state index >= 15 is 0 Å². The second-order valence-corrected chi connectivity index (χ2v) is 3.27. The van der Waals surface area contributed by atoms with Gasteiger partial charge in [0.2, 0.25) is 0 Å². The first-order valence-electron chi connectivity index (χ1n) is 3.26. The molecule has 0 bridgehead atoms. The standard InChI is InChI=1S/C7H5BrF3NO/c1-12-5(8)2-4(3-6(12)13)7(9,10)11/h2-3H,1H3. The summed E-state index contributed by atoms with van der Waals surface area (Å²) in [6, 6.07) is 1.42. The van der Waals surface area contributed by atoms with E-state index in [1.54, 1.807) is 0 Å². The Morgan fingerprint density at radius 2 is 1.92 bits per heavy atom. The van der Waals surface area contributed by atoms with Gasteiger partial charge in [-0.3, -0.25) is 4.79 Å². The van der Waals surface area contributed by atoms with Gasteiger partial charge in [0.15, 0.2) is 0 Å². The zero-order chi connectivity index (χ0) is 10.2. The van der Waals surface area contributed by atoms with E-state index < -0.39 is 17.3 Å². The smallest absolute Gasteiger partial charge is 0.306 e. The molecule has 0 aliphatic heterocycles. The molecule has 1 aromatic heterocycles. The summed E-state index contributed by atoms with van der Waals surface area (Å²) in [5, 5.41) is 0. The van der Waals surface area contributed by atoms with Crippen LogP contribution in [0.25, 0.3) is 0 Å². The summed E-state index contributed by atoms with van der Waals surface area (Å²) in [6.07, 6.45) is -4.48. The fourth-order valence-corrected chi connectivity index (χ4v) is 1.19. The van der Waals surface area contributed by atoms with E-state index in [-0.39, 0.29) is 4.60 Å². The maximum absolute atomic E-state index is 12.1. The van der Waals surface area contributed by atoms with Gasteiger partial charge < -0.3 is 4.57 Å². The molecular weight excluding hydrogens is 251 g/mol. The summed E-state index contributed by atoms with van der Waals surface area (Å²) in [5.41, 5.74) is -1.64. The topological polar surface area (TPSA) is 22.0 Å². The van der Waals surface area contributed by atoms with Gasteiger partial charge in [0.25, 0.3) is 5.56 Å². The molecule has 1 rings (SSSR count). The lowest BCUT2D eigenvalue weighted by molar-refractivity contribution is -0.137. The third-order valence-electron chi connectivity index (χ3n) is 1.53. The molecule has 0 saturated carbocycles. The number of aromatic nitrogens is 1. The molecule has 0 aliphatic carbocycles. The highest BCUT2D eigenvalue weighted by Gasteiger charge is 2.31. The molecule has 72 valence electrons. The Bertz CT molecular complexity index is 382. The summed E-state index contributed by atoms with van der Waals surface area (Å²) < 4.78 is 37.5. The summed E-state index contributed by atoms with van der Waals surface area (Å²) in [7, 11) is 1.38. The van der Waals surface area contributed by atoms with Crippen LogP contribution in [0.15, 0.2) is 21.5 Å². The normalized spacial score (nSPS) is 11.8. The fourth-order valence-electron chi connectivity index (χ4n) is 0.766. The molecule has 0 saturated heterocycles. The lowest BCUT2D eigenvalue weighted by atomic mass is 10.2. The molecule has 1 aromatic rings. The Labute approximate surface area is 80.1 Å². The molecule has 1 heterocycles. The van der Waals surface area contributed by atoms with Crippen molar-refractivity contribution in [2.45, 2.75) is 6.18 Å². The molecule has 0 fully saturated rings. The minimum absolute atomic E-state index is 0.104. The predicted octanol–water partition coefficient (Wildman–Crippen LogP) is 2.17. The molecule has 0 aliphatic rings. The van der Waals surface area contributed by atoms with E-state index in [4.69, 9.17) is 0 Å². The van der Waals surface area contributed by atoms with Crippen molar-refractivity contribution >= 4 is 15.9 Å². The van der Waals surface area contributed by atoms with E-state index in [0.29, 0.717) is 6.07 Å². The van der Waals surface area contributed by atoms with Gasteiger partial charge in [0, 0.05) is 13.1 Å². The minimum Gasteiger partial charge on any atom is -0.306 e. The molecule has 0 radical (unpaired) electrons. The van der Waals surface area contributed by atoms with Crippen molar-refractivity contribution in [3.8, 4) is 0 Å².